The van der Waals surface area contributed by atoms with Gasteiger partial charge in [-0.25, -0.2) is 0 Å². The lowest BCUT2D eigenvalue weighted by molar-refractivity contribution is -0.133. The van der Waals surface area contributed by atoms with Crippen LogP contribution in [0.4, 0.5) is 0 Å². The van der Waals surface area contributed by atoms with Crippen LogP contribution in [0, 0.1) is 5.92 Å². The van der Waals surface area contributed by atoms with E-state index in [1.807, 2.05) is 34.1 Å². The highest BCUT2D eigenvalue weighted by Gasteiger charge is 2.25. The third-order valence-corrected chi connectivity index (χ3v) is 6.30. The minimum absolute atomic E-state index is 0.0723. The summed E-state index contributed by atoms with van der Waals surface area (Å²) in [6.45, 7) is 3.66. The van der Waals surface area contributed by atoms with Crippen molar-refractivity contribution in [3.05, 3.63) is 29.8 Å². The molecule has 0 unspecified atom stereocenters. The van der Waals surface area contributed by atoms with Crippen LogP contribution in [-0.2, 0) is 9.53 Å². The largest absolute Gasteiger partial charge is 0.490 e. The van der Waals surface area contributed by atoms with Crippen molar-refractivity contribution in [2.24, 2.45) is 5.92 Å². The van der Waals surface area contributed by atoms with Crippen LogP contribution < -0.4 is 4.74 Å². The van der Waals surface area contributed by atoms with Crippen molar-refractivity contribution in [3.8, 4) is 5.75 Å². The summed E-state index contributed by atoms with van der Waals surface area (Å²) in [6.07, 6.45) is 6.07. The molecule has 0 radical (unpaired) electrons. The predicted octanol–water partition coefficient (Wildman–Crippen LogP) is 2.72. The fraction of sp³-hybridized carbons (Fsp3) is 0.667. The van der Waals surface area contributed by atoms with E-state index < -0.39 is 0 Å². The number of rotatable bonds is 9. The van der Waals surface area contributed by atoms with Crippen LogP contribution in [0.25, 0.3) is 0 Å². The summed E-state index contributed by atoms with van der Waals surface area (Å²) in [5.74, 6) is 1.46. The maximum Gasteiger partial charge on any atom is 0.253 e. The van der Waals surface area contributed by atoms with E-state index in [0.717, 1.165) is 57.4 Å². The second kappa shape index (κ2) is 12.1. The summed E-state index contributed by atoms with van der Waals surface area (Å²) in [5, 5.41) is 9.05. The van der Waals surface area contributed by atoms with Crippen LogP contribution in [0.2, 0.25) is 0 Å². The van der Waals surface area contributed by atoms with Gasteiger partial charge in [-0.15, -0.1) is 0 Å². The molecule has 1 aromatic carbocycles. The van der Waals surface area contributed by atoms with Crippen molar-refractivity contribution in [3.63, 3.8) is 0 Å². The van der Waals surface area contributed by atoms with Crippen LogP contribution in [0.1, 0.15) is 55.3 Å². The van der Waals surface area contributed by atoms with Crippen LogP contribution in [0.15, 0.2) is 24.3 Å². The lowest BCUT2D eigenvalue weighted by atomic mass is 9.93. The number of carbonyl (C=O) groups excluding carboxylic acids is 2. The first-order valence-electron chi connectivity index (χ1n) is 11.5. The van der Waals surface area contributed by atoms with E-state index in [-0.39, 0.29) is 24.5 Å². The second-order valence-corrected chi connectivity index (χ2v) is 8.59. The minimum Gasteiger partial charge on any atom is -0.490 e. The first-order chi connectivity index (χ1) is 15.1. The number of hydrogen-bond acceptors (Lipinski definition) is 5. The van der Waals surface area contributed by atoms with Crippen LogP contribution in [0.3, 0.4) is 0 Å². The number of nitrogens with zero attached hydrogens (tertiary/aromatic N) is 2. The van der Waals surface area contributed by atoms with Crippen molar-refractivity contribution in [2.45, 2.75) is 51.0 Å². The molecule has 2 fully saturated rings. The van der Waals surface area contributed by atoms with Gasteiger partial charge in [-0.3, -0.25) is 9.59 Å². The Morgan fingerprint density at radius 3 is 2.48 bits per heavy atom. The van der Waals surface area contributed by atoms with Gasteiger partial charge in [0, 0.05) is 58.3 Å². The number of hydrogen-bond donors (Lipinski definition) is 1. The molecular formula is C24H36N2O5. The van der Waals surface area contributed by atoms with E-state index in [1.165, 1.54) is 0 Å². The van der Waals surface area contributed by atoms with E-state index in [1.54, 1.807) is 7.11 Å². The quantitative estimate of drug-likeness (QED) is 0.649. The molecule has 0 aliphatic carbocycles. The monoisotopic (exact) mass is 432 g/mol. The Balaban J connectivity index is 1.46. The Kier molecular flexibility index (Phi) is 9.15. The van der Waals surface area contributed by atoms with Crippen molar-refractivity contribution >= 4 is 11.8 Å². The third-order valence-electron chi connectivity index (χ3n) is 6.30. The number of ether oxygens (including phenoxy) is 2. The van der Waals surface area contributed by atoms with Crippen LogP contribution >= 0.6 is 0 Å². The van der Waals surface area contributed by atoms with Gasteiger partial charge in [-0.1, -0.05) is 0 Å². The van der Waals surface area contributed by atoms with Crippen molar-refractivity contribution in [1.29, 1.82) is 0 Å². The van der Waals surface area contributed by atoms with Gasteiger partial charge in [0.1, 0.15) is 11.9 Å². The Hall–Kier alpha value is -2.12. The maximum atomic E-state index is 12.9. The van der Waals surface area contributed by atoms with Gasteiger partial charge in [-0.05, 0) is 55.9 Å². The zero-order chi connectivity index (χ0) is 22.1. The summed E-state index contributed by atoms with van der Waals surface area (Å²) < 4.78 is 11.1. The smallest absolute Gasteiger partial charge is 0.253 e. The zero-order valence-electron chi connectivity index (χ0n) is 18.6. The third kappa shape index (κ3) is 6.94. The normalized spacial score (nSPS) is 20.0. The Labute approximate surface area is 185 Å². The molecule has 31 heavy (non-hydrogen) atoms. The van der Waals surface area contributed by atoms with E-state index in [4.69, 9.17) is 14.6 Å². The van der Waals surface area contributed by atoms with E-state index >= 15 is 0 Å². The van der Waals surface area contributed by atoms with E-state index in [0.29, 0.717) is 37.6 Å². The van der Waals surface area contributed by atoms with Crippen molar-refractivity contribution in [2.75, 3.05) is 46.5 Å². The summed E-state index contributed by atoms with van der Waals surface area (Å²) in [5.41, 5.74) is 0.689. The van der Waals surface area contributed by atoms with Gasteiger partial charge in [-0.2, -0.15) is 0 Å². The maximum absolute atomic E-state index is 12.9. The Morgan fingerprint density at radius 2 is 1.81 bits per heavy atom. The average Bonchev–Trinajstić information content (AvgIpc) is 2.82. The molecule has 2 saturated heterocycles. The highest BCUT2D eigenvalue weighted by Crippen LogP contribution is 2.24. The Bertz CT molecular complexity index is 700. The summed E-state index contributed by atoms with van der Waals surface area (Å²) in [4.78, 5) is 28.8. The molecule has 3 rings (SSSR count). The minimum atomic E-state index is 0.0723. The molecule has 2 amide bonds. The number of carbonyl (C=O) groups is 2. The Morgan fingerprint density at radius 1 is 1.06 bits per heavy atom. The van der Waals surface area contributed by atoms with Crippen molar-refractivity contribution in [1.82, 2.24) is 9.80 Å². The number of methoxy groups -OCH3 is 1. The first kappa shape index (κ1) is 23.5. The van der Waals surface area contributed by atoms with Gasteiger partial charge in [0.25, 0.3) is 5.91 Å². The standard InChI is InChI=1S/C24H36N2O5/c1-30-17-12-23(28)25-14-10-22(11-15-25)31-21-8-6-20(7-9-21)24(29)26-13-2-4-19(18-26)5-3-16-27/h6-9,19,22,27H,2-5,10-18H2,1H3/t19-/m0/s1. The molecule has 0 spiro atoms. The lowest BCUT2D eigenvalue weighted by Crippen LogP contribution is -2.42. The SMILES string of the molecule is COCCC(=O)N1CCC(Oc2ccc(C(=O)N3CCC[C@@H](CCCO)C3)cc2)CC1. The molecule has 0 bridgehead atoms. The molecular weight excluding hydrogens is 396 g/mol. The van der Waals surface area contributed by atoms with Crippen molar-refractivity contribution < 1.29 is 24.2 Å². The summed E-state index contributed by atoms with van der Waals surface area (Å²) in [7, 11) is 1.61. The highest BCUT2D eigenvalue weighted by molar-refractivity contribution is 5.94. The van der Waals surface area contributed by atoms with Crippen LogP contribution in [0.5, 0.6) is 5.75 Å². The molecule has 172 valence electrons. The number of benzene rings is 1. The van der Waals surface area contributed by atoms with Gasteiger partial charge >= 0.3 is 0 Å². The lowest BCUT2D eigenvalue weighted by Gasteiger charge is -2.33. The molecule has 7 heteroatoms. The van der Waals surface area contributed by atoms with Crippen LogP contribution in [-0.4, -0.2) is 79.3 Å². The van der Waals surface area contributed by atoms with Gasteiger partial charge in [0.15, 0.2) is 0 Å². The van der Waals surface area contributed by atoms with Gasteiger partial charge in [0.2, 0.25) is 5.91 Å². The summed E-state index contributed by atoms with van der Waals surface area (Å²) >= 11 is 0. The number of piperidine rings is 2. The fourth-order valence-electron chi connectivity index (χ4n) is 4.49. The van der Waals surface area contributed by atoms with Gasteiger partial charge in [0.05, 0.1) is 13.0 Å². The number of likely N-dealkylation sites (tertiary alicyclic amines) is 2. The predicted molar refractivity (Wildman–Crippen MR) is 118 cm³/mol. The molecule has 2 heterocycles. The molecule has 7 nitrogen and oxygen atoms in total. The molecule has 2 aliphatic heterocycles. The molecule has 1 atom stereocenters. The molecule has 0 aromatic heterocycles. The van der Waals surface area contributed by atoms with E-state index in [9.17, 15) is 9.59 Å². The number of aliphatic hydroxyl groups is 1. The second-order valence-electron chi connectivity index (χ2n) is 8.59. The topological polar surface area (TPSA) is 79.3 Å². The highest BCUT2D eigenvalue weighted by atomic mass is 16.5. The average molecular weight is 433 g/mol. The molecule has 1 aromatic rings. The molecule has 0 saturated carbocycles. The first-order valence-corrected chi connectivity index (χ1v) is 11.5. The van der Waals surface area contributed by atoms with E-state index in [2.05, 4.69) is 0 Å². The van der Waals surface area contributed by atoms with Gasteiger partial charge < -0.3 is 24.4 Å². The zero-order valence-corrected chi connectivity index (χ0v) is 18.6. The number of amides is 2. The molecule has 1 N–H and O–H groups in total. The number of aliphatic hydroxyl groups excluding tert-OH is 1. The molecule has 2 aliphatic rings. The summed E-state index contributed by atoms with van der Waals surface area (Å²) in [6, 6.07) is 7.43. The fourth-order valence-corrected chi connectivity index (χ4v) is 4.49.